The Morgan fingerprint density at radius 3 is 2.60 bits per heavy atom. The zero-order valence-electron chi connectivity index (χ0n) is 10.7. The Morgan fingerprint density at radius 2 is 2.10 bits per heavy atom. The molecular formula is C12H14N2O6. The Bertz CT molecular complexity index is 543. The van der Waals surface area contributed by atoms with E-state index >= 15 is 0 Å². The van der Waals surface area contributed by atoms with Crippen molar-refractivity contribution in [1.82, 2.24) is 5.32 Å². The molecule has 0 fully saturated rings. The van der Waals surface area contributed by atoms with Gasteiger partial charge in [0.15, 0.2) is 0 Å². The number of aliphatic carboxylic acids is 1. The maximum Gasteiger partial charge on any atom is 0.326 e. The van der Waals surface area contributed by atoms with Gasteiger partial charge in [0.25, 0.3) is 11.6 Å². The summed E-state index contributed by atoms with van der Waals surface area (Å²) in [6.07, 6.45) is -0.180. The predicted octanol–water partition coefficient (Wildman–Crippen LogP) is 0.469. The summed E-state index contributed by atoms with van der Waals surface area (Å²) in [5.41, 5.74) is -0.269. The molecule has 0 bridgehead atoms. The average Bonchev–Trinajstić information content (AvgIpc) is 2.37. The lowest BCUT2D eigenvalue weighted by Gasteiger charge is -2.13. The smallest absolute Gasteiger partial charge is 0.326 e. The molecule has 20 heavy (non-hydrogen) atoms. The maximum atomic E-state index is 12.0. The van der Waals surface area contributed by atoms with Crippen molar-refractivity contribution in [3.05, 3.63) is 39.4 Å². The number of hydrogen-bond acceptors (Lipinski definition) is 5. The molecule has 1 rings (SSSR count). The van der Waals surface area contributed by atoms with Crippen LogP contribution in [0.25, 0.3) is 0 Å². The first kappa shape index (κ1) is 15.6. The van der Waals surface area contributed by atoms with Gasteiger partial charge in [-0.05, 0) is 13.0 Å². The first-order chi connectivity index (χ1) is 9.38. The third-order valence-corrected chi connectivity index (χ3v) is 2.69. The Hall–Kier alpha value is -2.48. The summed E-state index contributed by atoms with van der Waals surface area (Å²) in [7, 11) is 0. The molecular weight excluding hydrogens is 268 g/mol. The highest BCUT2D eigenvalue weighted by atomic mass is 16.6. The van der Waals surface area contributed by atoms with Crippen molar-refractivity contribution in [2.45, 2.75) is 19.4 Å². The zero-order valence-corrected chi connectivity index (χ0v) is 10.7. The molecule has 8 heteroatoms. The number of nitro benzene ring substituents is 1. The van der Waals surface area contributed by atoms with E-state index in [1.54, 1.807) is 0 Å². The molecule has 0 aliphatic rings. The van der Waals surface area contributed by atoms with Crippen LogP contribution >= 0.6 is 0 Å². The number of carbonyl (C=O) groups is 2. The number of aliphatic hydroxyl groups is 1. The van der Waals surface area contributed by atoms with Crippen molar-refractivity contribution < 1.29 is 24.7 Å². The number of para-hydroxylation sites is 1. The van der Waals surface area contributed by atoms with Crippen molar-refractivity contribution in [3.8, 4) is 0 Å². The van der Waals surface area contributed by atoms with Crippen LogP contribution in [0.2, 0.25) is 0 Å². The number of hydrogen-bond donors (Lipinski definition) is 3. The van der Waals surface area contributed by atoms with E-state index in [9.17, 15) is 19.7 Å². The number of carboxylic acid groups (broad SMARTS) is 1. The van der Waals surface area contributed by atoms with Gasteiger partial charge < -0.3 is 15.5 Å². The molecule has 0 aliphatic heterocycles. The maximum absolute atomic E-state index is 12.0. The Labute approximate surface area is 114 Å². The second-order valence-electron chi connectivity index (χ2n) is 4.10. The van der Waals surface area contributed by atoms with Gasteiger partial charge in [-0.25, -0.2) is 4.79 Å². The van der Waals surface area contributed by atoms with Gasteiger partial charge in [-0.1, -0.05) is 12.1 Å². The fourth-order valence-electron chi connectivity index (χ4n) is 1.71. The van der Waals surface area contributed by atoms with Gasteiger partial charge in [-0.2, -0.15) is 0 Å². The molecule has 0 aromatic heterocycles. The summed E-state index contributed by atoms with van der Waals surface area (Å²) in [5.74, 6) is -2.18. The third kappa shape index (κ3) is 3.51. The quantitative estimate of drug-likeness (QED) is 0.513. The number of amides is 1. The number of carbonyl (C=O) groups excluding carboxylic acids is 1. The number of carboxylic acids is 1. The molecule has 0 heterocycles. The molecule has 8 nitrogen and oxygen atoms in total. The molecule has 1 aromatic carbocycles. The highest BCUT2D eigenvalue weighted by Gasteiger charge is 2.26. The number of aliphatic hydroxyl groups excluding tert-OH is 1. The lowest BCUT2D eigenvalue weighted by molar-refractivity contribution is -0.385. The van der Waals surface area contributed by atoms with E-state index in [1.807, 2.05) is 0 Å². The fourth-order valence-corrected chi connectivity index (χ4v) is 1.71. The van der Waals surface area contributed by atoms with Crippen molar-refractivity contribution in [3.63, 3.8) is 0 Å². The van der Waals surface area contributed by atoms with Gasteiger partial charge >= 0.3 is 5.97 Å². The first-order valence-electron chi connectivity index (χ1n) is 5.77. The molecule has 0 unspecified atom stereocenters. The van der Waals surface area contributed by atoms with Gasteiger partial charge in [-0.15, -0.1) is 0 Å². The Kier molecular flexibility index (Phi) is 5.15. The van der Waals surface area contributed by atoms with E-state index in [-0.39, 0.29) is 17.7 Å². The van der Waals surface area contributed by atoms with Crippen molar-refractivity contribution in [2.24, 2.45) is 0 Å². The normalized spacial score (nSPS) is 11.7. The van der Waals surface area contributed by atoms with Crippen molar-refractivity contribution in [1.29, 1.82) is 0 Å². The van der Waals surface area contributed by atoms with Crippen LogP contribution in [0, 0.1) is 17.0 Å². The highest BCUT2D eigenvalue weighted by molar-refractivity contribution is 6.00. The van der Waals surface area contributed by atoms with Crippen LogP contribution < -0.4 is 5.32 Å². The highest BCUT2D eigenvalue weighted by Crippen LogP contribution is 2.23. The lowest BCUT2D eigenvalue weighted by Crippen LogP contribution is -2.41. The number of nitro groups is 1. The molecule has 1 amide bonds. The predicted molar refractivity (Wildman–Crippen MR) is 68.4 cm³/mol. The van der Waals surface area contributed by atoms with Crippen LogP contribution in [-0.2, 0) is 4.79 Å². The molecule has 0 spiro atoms. The van der Waals surface area contributed by atoms with Crippen LogP contribution in [0.4, 0.5) is 5.69 Å². The average molecular weight is 282 g/mol. The van der Waals surface area contributed by atoms with E-state index < -0.39 is 29.4 Å². The van der Waals surface area contributed by atoms with Crippen LogP contribution in [-0.4, -0.2) is 39.7 Å². The minimum Gasteiger partial charge on any atom is -0.480 e. The monoisotopic (exact) mass is 282 g/mol. The minimum atomic E-state index is -1.32. The Morgan fingerprint density at radius 1 is 1.45 bits per heavy atom. The molecule has 108 valence electrons. The van der Waals surface area contributed by atoms with E-state index in [1.165, 1.54) is 25.1 Å². The van der Waals surface area contributed by atoms with Gasteiger partial charge in [0.05, 0.1) is 4.92 Å². The van der Waals surface area contributed by atoms with Crippen LogP contribution in [0.15, 0.2) is 18.2 Å². The van der Waals surface area contributed by atoms with Gasteiger partial charge in [-0.3, -0.25) is 14.9 Å². The van der Waals surface area contributed by atoms with Gasteiger partial charge in [0, 0.05) is 18.6 Å². The summed E-state index contributed by atoms with van der Waals surface area (Å²) >= 11 is 0. The van der Waals surface area contributed by atoms with E-state index in [4.69, 9.17) is 10.2 Å². The first-order valence-corrected chi connectivity index (χ1v) is 5.77. The lowest BCUT2D eigenvalue weighted by atomic mass is 10.1. The standard InChI is InChI=1S/C12H14N2O6/c1-7-3-2-4-8(10(7)14(19)20)11(16)13-9(5-6-15)12(17)18/h2-4,9,15H,5-6H2,1H3,(H,13,16)(H,17,18)/t9-/m0/s1. The molecule has 0 radical (unpaired) electrons. The van der Waals surface area contributed by atoms with Crippen LogP contribution in [0.3, 0.4) is 0 Å². The molecule has 3 N–H and O–H groups in total. The van der Waals surface area contributed by atoms with Gasteiger partial charge in [0.1, 0.15) is 11.6 Å². The van der Waals surface area contributed by atoms with E-state index in [0.29, 0.717) is 5.56 Å². The summed E-state index contributed by atoms with van der Waals surface area (Å²) < 4.78 is 0. The third-order valence-electron chi connectivity index (χ3n) is 2.69. The summed E-state index contributed by atoms with van der Waals surface area (Å²) in [5, 5.41) is 30.7. The van der Waals surface area contributed by atoms with Gasteiger partial charge in [0.2, 0.25) is 0 Å². The van der Waals surface area contributed by atoms with Crippen LogP contribution in [0.5, 0.6) is 0 Å². The second kappa shape index (κ2) is 6.62. The Balaban J connectivity index is 3.06. The molecule has 0 aliphatic carbocycles. The van der Waals surface area contributed by atoms with E-state index in [0.717, 1.165) is 0 Å². The fraction of sp³-hybridized carbons (Fsp3) is 0.333. The van der Waals surface area contributed by atoms with Crippen molar-refractivity contribution in [2.75, 3.05) is 6.61 Å². The molecule has 1 aromatic rings. The SMILES string of the molecule is Cc1cccc(C(=O)N[C@@H](CCO)C(=O)O)c1[N+](=O)[O-]. The topological polar surface area (TPSA) is 130 Å². The molecule has 1 atom stereocenters. The summed E-state index contributed by atoms with van der Waals surface area (Å²) in [6, 6.07) is 2.90. The molecule has 0 saturated heterocycles. The number of benzene rings is 1. The number of rotatable bonds is 6. The number of nitrogens with one attached hydrogen (secondary N) is 1. The summed E-state index contributed by atoms with van der Waals surface area (Å²) in [6.45, 7) is 1.06. The largest absolute Gasteiger partial charge is 0.480 e. The summed E-state index contributed by atoms with van der Waals surface area (Å²) in [4.78, 5) is 33.1. The van der Waals surface area contributed by atoms with E-state index in [2.05, 4.69) is 5.32 Å². The van der Waals surface area contributed by atoms with Crippen LogP contribution in [0.1, 0.15) is 22.3 Å². The second-order valence-corrected chi connectivity index (χ2v) is 4.10. The molecule has 0 saturated carbocycles. The minimum absolute atomic E-state index is 0.180. The number of nitrogens with zero attached hydrogens (tertiary/aromatic N) is 1. The zero-order chi connectivity index (χ0) is 15.3. The van der Waals surface area contributed by atoms with Crippen molar-refractivity contribution >= 4 is 17.6 Å². The number of aryl methyl sites for hydroxylation is 1.